The van der Waals surface area contributed by atoms with Crippen molar-refractivity contribution in [3.8, 4) is 11.5 Å². The molecule has 2 aromatic rings. The number of hydrogen-bond donors (Lipinski definition) is 1. The predicted octanol–water partition coefficient (Wildman–Crippen LogP) is 3.05. The summed E-state index contributed by atoms with van der Waals surface area (Å²) in [6, 6.07) is 12.0. The number of rotatable bonds is 3. The maximum absolute atomic E-state index is 11.1. The van der Waals surface area contributed by atoms with Crippen LogP contribution in [0.5, 0.6) is 11.5 Å². The molecule has 0 bridgehead atoms. The van der Waals surface area contributed by atoms with Gasteiger partial charge in [-0.05, 0) is 24.3 Å². The first-order valence-corrected chi connectivity index (χ1v) is 8.37. The third-order valence-electron chi connectivity index (χ3n) is 3.64. The summed E-state index contributed by atoms with van der Waals surface area (Å²) in [4.78, 5) is 14.9. The molecule has 2 aliphatic rings. The maximum atomic E-state index is 11.1. The van der Waals surface area contributed by atoms with E-state index in [1.54, 1.807) is 18.2 Å². The minimum absolute atomic E-state index is 0.0389. The lowest BCUT2D eigenvalue weighted by atomic mass is 10.1. The van der Waals surface area contributed by atoms with Crippen molar-refractivity contribution in [2.45, 2.75) is 0 Å². The Morgan fingerprint density at radius 2 is 2.04 bits per heavy atom. The molecular formula is C16H12N4O4S. The van der Waals surface area contributed by atoms with E-state index < -0.39 is 4.92 Å². The second-order valence-electron chi connectivity index (χ2n) is 5.19. The Morgan fingerprint density at radius 1 is 1.20 bits per heavy atom. The number of thioether (sulfide) groups is 1. The summed E-state index contributed by atoms with van der Waals surface area (Å²) in [5.74, 6) is 2.01. The molecule has 4 rings (SSSR count). The lowest BCUT2D eigenvalue weighted by molar-refractivity contribution is -0.384. The van der Waals surface area contributed by atoms with Gasteiger partial charge in [0.1, 0.15) is 5.69 Å². The fourth-order valence-corrected chi connectivity index (χ4v) is 3.20. The first kappa shape index (κ1) is 15.5. The minimum Gasteiger partial charge on any atom is -0.454 e. The van der Waals surface area contributed by atoms with E-state index >= 15 is 0 Å². The van der Waals surface area contributed by atoms with E-state index in [0.717, 1.165) is 17.0 Å². The molecule has 0 fully saturated rings. The molecule has 2 heterocycles. The van der Waals surface area contributed by atoms with Crippen LogP contribution in [0.2, 0.25) is 0 Å². The quantitative estimate of drug-likeness (QED) is 0.670. The summed E-state index contributed by atoms with van der Waals surface area (Å²) in [7, 11) is 0. The van der Waals surface area contributed by atoms with Crippen molar-refractivity contribution in [1.29, 1.82) is 0 Å². The van der Waals surface area contributed by atoms with Gasteiger partial charge in [-0.25, -0.2) is 4.99 Å². The third-order valence-corrected chi connectivity index (χ3v) is 4.51. The number of hydrogen-bond acceptors (Lipinski definition) is 7. The summed E-state index contributed by atoms with van der Waals surface area (Å²) in [5.41, 5.74) is 4.88. The first-order valence-electron chi connectivity index (χ1n) is 7.38. The number of nitro groups is 1. The summed E-state index contributed by atoms with van der Waals surface area (Å²) >= 11 is 1.43. The lowest BCUT2D eigenvalue weighted by Crippen LogP contribution is -2.25. The van der Waals surface area contributed by atoms with Crippen molar-refractivity contribution >= 4 is 34.0 Å². The molecule has 0 saturated heterocycles. The molecule has 8 nitrogen and oxygen atoms in total. The van der Waals surface area contributed by atoms with Crippen LogP contribution in [0.4, 0.5) is 11.4 Å². The SMILES string of the molecule is O=[N+]([O-])c1ccccc1N=C1NN=C(c2ccc3c(c2)OCO3)CS1. The topological polar surface area (TPSA) is 98.4 Å². The number of para-hydroxylation sites is 2. The highest BCUT2D eigenvalue weighted by Crippen LogP contribution is 2.33. The zero-order valence-corrected chi connectivity index (χ0v) is 13.7. The van der Waals surface area contributed by atoms with Gasteiger partial charge in [-0.1, -0.05) is 23.9 Å². The molecule has 0 amide bonds. The largest absolute Gasteiger partial charge is 0.454 e. The molecule has 0 saturated carbocycles. The molecule has 2 aromatic carbocycles. The van der Waals surface area contributed by atoms with E-state index in [1.807, 2.05) is 18.2 Å². The van der Waals surface area contributed by atoms with Gasteiger partial charge in [0.15, 0.2) is 16.7 Å². The Labute approximate surface area is 146 Å². The van der Waals surface area contributed by atoms with Crippen molar-refractivity contribution < 1.29 is 14.4 Å². The Kier molecular flexibility index (Phi) is 3.98. The normalized spacial score (nSPS) is 17.1. The Balaban J connectivity index is 1.55. The molecule has 25 heavy (non-hydrogen) atoms. The maximum Gasteiger partial charge on any atom is 0.294 e. The standard InChI is InChI=1S/C16H12N4O4S/c21-20(22)13-4-2-1-3-11(13)17-16-19-18-12(8-25-16)10-5-6-14-15(7-10)24-9-23-14/h1-7H,8-9H2,(H,17,19). The van der Waals surface area contributed by atoms with E-state index in [1.165, 1.54) is 17.8 Å². The molecule has 0 spiro atoms. The van der Waals surface area contributed by atoms with Gasteiger partial charge in [0.25, 0.3) is 5.69 Å². The summed E-state index contributed by atoms with van der Waals surface area (Å²) in [6.45, 7) is 0.227. The zero-order valence-electron chi connectivity index (χ0n) is 12.8. The predicted molar refractivity (Wildman–Crippen MR) is 94.9 cm³/mol. The molecule has 9 heteroatoms. The number of amidine groups is 1. The van der Waals surface area contributed by atoms with E-state index in [-0.39, 0.29) is 12.5 Å². The van der Waals surface area contributed by atoms with Crippen molar-refractivity contribution in [3.05, 3.63) is 58.1 Å². The number of nitrogens with one attached hydrogen (secondary N) is 1. The number of nitrogens with zero attached hydrogens (tertiary/aromatic N) is 3. The molecule has 0 aliphatic carbocycles. The van der Waals surface area contributed by atoms with Crippen LogP contribution in [0.3, 0.4) is 0 Å². The highest BCUT2D eigenvalue weighted by molar-refractivity contribution is 8.14. The molecule has 0 aromatic heterocycles. The molecule has 0 radical (unpaired) electrons. The summed E-state index contributed by atoms with van der Waals surface area (Å²) < 4.78 is 10.7. The van der Waals surface area contributed by atoms with Crippen molar-refractivity contribution in [3.63, 3.8) is 0 Å². The lowest BCUT2D eigenvalue weighted by Gasteiger charge is -2.15. The molecule has 126 valence electrons. The fraction of sp³-hybridized carbons (Fsp3) is 0.125. The number of aliphatic imine (C=N–C) groups is 1. The minimum atomic E-state index is -0.450. The van der Waals surface area contributed by atoms with Gasteiger partial charge in [0.05, 0.1) is 10.6 Å². The second-order valence-corrected chi connectivity index (χ2v) is 6.15. The van der Waals surface area contributed by atoms with Crippen LogP contribution in [-0.4, -0.2) is 28.3 Å². The van der Waals surface area contributed by atoms with Crippen LogP contribution in [0.25, 0.3) is 0 Å². The van der Waals surface area contributed by atoms with E-state index in [0.29, 0.717) is 22.4 Å². The van der Waals surface area contributed by atoms with Crippen molar-refractivity contribution in [2.75, 3.05) is 12.5 Å². The van der Waals surface area contributed by atoms with Gasteiger partial charge in [-0.2, -0.15) is 5.10 Å². The van der Waals surface area contributed by atoms with E-state index in [9.17, 15) is 10.1 Å². The van der Waals surface area contributed by atoms with E-state index in [2.05, 4.69) is 15.5 Å². The highest BCUT2D eigenvalue weighted by atomic mass is 32.2. The monoisotopic (exact) mass is 356 g/mol. The van der Waals surface area contributed by atoms with Crippen molar-refractivity contribution in [1.82, 2.24) is 5.43 Å². The smallest absolute Gasteiger partial charge is 0.294 e. The number of nitro benzene ring substituents is 1. The summed E-state index contributed by atoms with van der Waals surface area (Å²) in [5, 5.41) is 15.9. The van der Waals surface area contributed by atoms with Crippen LogP contribution in [0.15, 0.2) is 52.6 Å². The Bertz CT molecular complexity index is 913. The van der Waals surface area contributed by atoms with E-state index in [4.69, 9.17) is 9.47 Å². The number of fused-ring (bicyclic) bond motifs is 1. The van der Waals surface area contributed by atoms with Gasteiger partial charge in [-0.15, -0.1) is 0 Å². The van der Waals surface area contributed by atoms with Gasteiger partial charge in [0.2, 0.25) is 6.79 Å². The van der Waals surface area contributed by atoms with Gasteiger partial charge >= 0.3 is 0 Å². The molecule has 0 atom stereocenters. The molecule has 0 unspecified atom stereocenters. The van der Waals surface area contributed by atoms with Gasteiger partial charge in [0, 0.05) is 17.4 Å². The first-order chi connectivity index (χ1) is 12.2. The van der Waals surface area contributed by atoms with Crippen LogP contribution < -0.4 is 14.9 Å². The van der Waals surface area contributed by atoms with Crippen LogP contribution in [-0.2, 0) is 0 Å². The molecular weight excluding hydrogens is 344 g/mol. The van der Waals surface area contributed by atoms with Gasteiger partial charge in [-0.3, -0.25) is 15.5 Å². The third kappa shape index (κ3) is 3.13. The fourth-order valence-electron chi connectivity index (χ4n) is 2.42. The van der Waals surface area contributed by atoms with Gasteiger partial charge < -0.3 is 9.47 Å². The molecule has 1 N–H and O–H groups in total. The van der Waals surface area contributed by atoms with Crippen LogP contribution in [0.1, 0.15) is 5.56 Å². The Hall–Kier alpha value is -3.07. The zero-order chi connectivity index (χ0) is 17.2. The second kappa shape index (κ2) is 6.44. The highest BCUT2D eigenvalue weighted by Gasteiger charge is 2.19. The molecule has 2 aliphatic heterocycles. The average molecular weight is 356 g/mol. The Morgan fingerprint density at radius 3 is 2.84 bits per heavy atom. The summed E-state index contributed by atoms with van der Waals surface area (Å²) in [6.07, 6.45) is 0. The van der Waals surface area contributed by atoms with Crippen LogP contribution >= 0.6 is 11.8 Å². The number of hydrazone groups is 1. The van der Waals surface area contributed by atoms with Crippen LogP contribution in [0, 0.1) is 10.1 Å². The number of ether oxygens (including phenoxy) is 2. The number of benzene rings is 2. The average Bonchev–Trinajstić information content (AvgIpc) is 3.10. The van der Waals surface area contributed by atoms with Crippen molar-refractivity contribution in [2.24, 2.45) is 10.1 Å².